The van der Waals surface area contributed by atoms with E-state index >= 15 is 0 Å². The fourth-order valence-electron chi connectivity index (χ4n) is 2.36. The van der Waals surface area contributed by atoms with E-state index in [-0.39, 0.29) is 18.0 Å². The van der Waals surface area contributed by atoms with Gasteiger partial charge in [0.05, 0.1) is 18.6 Å². The van der Waals surface area contributed by atoms with Crippen molar-refractivity contribution >= 4 is 5.97 Å². The molecule has 21 heavy (non-hydrogen) atoms. The molecular weight excluding hydrogens is 264 g/mol. The summed E-state index contributed by atoms with van der Waals surface area (Å²) >= 11 is 0. The van der Waals surface area contributed by atoms with Crippen molar-refractivity contribution in [2.24, 2.45) is 5.92 Å². The molecule has 2 aromatic rings. The molecule has 0 spiro atoms. The van der Waals surface area contributed by atoms with Crippen molar-refractivity contribution in [2.45, 2.75) is 19.1 Å². The topological polar surface area (TPSA) is 38.8 Å². The molecule has 0 unspecified atom stereocenters. The lowest BCUT2D eigenvalue weighted by Crippen LogP contribution is -2.25. The Bertz CT molecular complexity index is 576. The number of esters is 1. The molecule has 0 amide bonds. The Labute approximate surface area is 124 Å². The van der Waals surface area contributed by atoms with Crippen LogP contribution < -0.4 is 0 Å². The van der Waals surface area contributed by atoms with Gasteiger partial charge in [-0.2, -0.15) is 0 Å². The second-order valence-electron chi connectivity index (χ2n) is 5.26. The summed E-state index contributed by atoms with van der Waals surface area (Å²) in [6, 6.07) is 19.7. The maximum atomic E-state index is 12.3. The molecule has 1 heterocycles. The summed E-state index contributed by atoms with van der Waals surface area (Å²) < 4.78 is 10.8. The maximum absolute atomic E-state index is 12.3. The van der Waals surface area contributed by atoms with E-state index in [9.17, 15) is 4.79 Å². The van der Waals surface area contributed by atoms with Gasteiger partial charge in [0, 0.05) is 0 Å². The predicted octanol–water partition coefficient (Wildman–Crippen LogP) is 2.99. The smallest absolute Gasteiger partial charge is 0.312 e. The normalized spacial score (nSPS) is 18.0. The van der Waals surface area contributed by atoms with Gasteiger partial charge in [0.1, 0.15) is 6.61 Å². The summed E-state index contributed by atoms with van der Waals surface area (Å²) in [7, 11) is 0. The van der Waals surface area contributed by atoms with Crippen LogP contribution in [0.2, 0.25) is 0 Å². The monoisotopic (exact) mass is 282 g/mol. The van der Waals surface area contributed by atoms with Crippen molar-refractivity contribution in [1.29, 1.82) is 0 Å². The predicted molar refractivity (Wildman–Crippen MR) is 79.6 cm³/mol. The third kappa shape index (κ3) is 3.92. The van der Waals surface area contributed by atoms with Crippen LogP contribution in [-0.4, -0.2) is 18.7 Å². The number of hydrogen-bond donors (Lipinski definition) is 0. The van der Waals surface area contributed by atoms with Gasteiger partial charge in [-0.15, -0.1) is 0 Å². The Morgan fingerprint density at radius 1 is 1.05 bits per heavy atom. The molecule has 2 aromatic carbocycles. The number of hydrogen-bond acceptors (Lipinski definition) is 3. The lowest BCUT2D eigenvalue weighted by Gasteiger charge is -2.14. The van der Waals surface area contributed by atoms with E-state index in [2.05, 4.69) is 0 Å². The average Bonchev–Trinajstić information content (AvgIpc) is 3.37. The van der Waals surface area contributed by atoms with Crippen LogP contribution in [0.4, 0.5) is 0 Å². The number of rotatable bonds is 6. The molecule has 1 saturated heterocycles. The first-order chi connectivity index (χ1) is 10.3. The van der Waals surface area contributed by atoms with Crippen LogP contribution in [0, 0.1) is 5.92 Å². The molecule has 0 saturated carbocycles. The van der Waals surface area contributed by atoms with Crippen molar-refractivity contribution in [3.63, 3.8) is 0 Å². The van der Waals surface area contributed by atoms with Gasteiger partial charge in [-0.1, -0.05) is 60.7 Å². The van der Waals surface area contributed by atoms with E-state index in [0.29, 0.717) is 19.6 Å². The summed E-state index contributed by atoms with van der Waals surface area (Å²) in [6.07, 6.45) is 0.674. The molecule has 0 N–H and O–H groups in total. The molecule has 0 radical (unpaired) electrons. The van der Waals surface area contributed by atoms with Crippen LogP contribution in [-0.2, 0) is 27.3 Å². The van der Waals surface area contributed by atoms with E-state index in [1.54, 1.807) is 0 Å². The Morgan fingerprint density at radius 3 is 2.19 bits per heavy atom. The highest BCUT2D eigenvalue weighted by Gasteiger charge is 2.38. The molecule has 108 valence electrons. The van der Waals surface area contributed by atoms with Crippen LogP contribution >= 0.6 is 0 Å². The number of epoxide rings is 1. The van der Waals surface area contributed by atoms with Crippen molar-refractivity contribution in [2.75, 3.05) is 6.61 Å². The van der Waals surface area contributed by atoms with Crippen LogP contribution in [0.15, 0.2) is 60.7 Å². The molecule has 1 aliphatic rings. The number of carbonyl (C=O) groups is 1. The maximum Gasteiger partial charge on any atom is 0.312 e. The Morgan fingerprint density at radius 2 is 1.62 bits per heavy atom. The number of benzene rings is 2. The molecule has 2 atom stereocenters. The van der Waals surface area contributed by atoms with Crippen molar-refractivity contribution in [3.8, 4) is 0 Å². The van der Waals surface area contributed by atoms with Crippen LogP contribution in [0.5, 0.6) is 0 Å². The second-order valence-corrected chi connectivity index (χ2v) is 5.26. The Balaban J connectivity index is 1.60. The molecule has 3 heteroatoms. The zero-order chi connectivity index (χ0) is 14.5. The minimum atomic E-state index is -0.212. The number of ether oxygens (including phenoxy) is 2. The first kappa shape index (κ1) is 13.8. The van der Waals surface area contributed by atoms with Crippen molar-refractivity contribution in [1.82, 2.24) is 0 Å². The summed E-state index contributed by atoms with van der Waals surface area (Å²) in [4.78, 5) is 12.3. The van der Waals surface area contributed by atoms with Gasteiger partial charge in [0.2, 0.25) is 0 Å². The van der Waals surface area contributed by atoms with Gasteiger partial charge in [-0.3, -0.25) is 4.79 Å². The lowest BCUT2D eigenvalue weighted by atomic mass is 9.96. The van der Waals surface area contributed by atoms with Crippen LogP contribution in [0.1, 0.15) is 11.1 Å². The SMILES string of the molecule is O=C(OCc1ccccc1)[C@@H](Cc1ccccc1)[C@@H]1CO1. The van der Waals surface area contributed by atoms with Gasteiger partial charge < -0.3 is 9.47 Å². The van der Waals surface area contributed by atoms with Gasteiger partial charge in [0.25, 0.3) is 0 Å². The average molecular weight is 282 g/mol. The van der Waals surface area contributed by atoms with E-state index < -0.39 is 0 Å². The van der Waals surface area contributed by atoms with E-state index in [1.165, 1.54) is 0 Å². The third-order valence-electron chi connectivity index (χ3n) is 3.63. The molecule has 0 aliphatic carbocycles. The first-order valence-electron chi connectivity index (χ1n) is 7.19. The Kier molecular flexibility index (Phi) is 4.31. The lowest BCUT2D eigenvalue weighted by molar-refractivity contribution is -0.150. The van der Waals surface area contributed by atoms with E-state index in [0.717, 1.165) is 11.1 Å². The zero-order valence-electron chi connectivity index (χ0n) is 11.8. The molecule has 1 aliphatic heterocycles. The fraction of sp³-hybridized carbons (Fsp3) is 0.278. The third-order valence-corrected chi connectivity index (χ3v) is 3.63. The van der Waals surface area contributed by atoms with E-state index in [4.69, 9.17) is 9.47 Å². The summed E-state index contributed by atoms with van der Waals surface area (Å²) in [5, 5.41) is 0. The zero-order valence-corrected chi connectivity index (χ0v) is 11.8. The minimum absolute atomic E-state index is 0.00785. The highest BCUT2D eigenvalue weighted by atomic mass is 16.6. The molecular formula is C18H18O3. The molecule has 0 bridgehead atoms. The molecule has 3 nitrogen and oxygen atoms in total. The molecule has 1 fully saturated rings. The molecule has 0 aromatic heterocycles. The quantitative estimate of drug-likeness (QED) is 0.604. The van der Waals surface area contributed by atoms with Crippen LogP contribution in [0.25, 0.3) is 0 Å². The fourth-order valence-corrected chi connectivity index (χ4v) is 2.36. The second kappa shape index (κ2) is 6.55. The van der Waals surface area contributed by atoms with Gasteiger partial charge in [-0.25, -0.2) is 0 Å². The van der Waals surface area contributed by atoms with E-state index in [1.807, 2.05) is 60.7 Å². The van der Waals surface area contributed by atoms with Crippen LogP contribution in [0.3, 0.4) is 0 Å². The highest BCUT2D eigenvalue weighted by molar-refractivity contribution is 5.74. The summed E-state index contributed by atoms with van der Waals surface area (Å²) in [5.74, 6) is -0.388. The van der Waals surface area contributed by atoms with Crippen molar-refractivity contribution < 1.29 is 14.3 Å². The number of carbonyl (C=O) groups excluding carboxylic acids is 1. The van der Waals surface area contributed by atoms with Gasteiger partial charge in [0.15, 0.2) is 0 Å². The van der Waals surface area contributed by atoms with Crippen molar-refractivity contribution in [3.05, 3.63) is 71.8 Å². The highest BCUT2D eigenvalue weighted by Crippen LogP contribution is 2.25. The van der Waals surface area contributed by atoms with Gasteiger partial charge >= 0.3 is 5.97 Å². The largest absolute Gasteiger partial charge is 0.461 e. The standard InChI is InChI=1S/C18H18O3/c19-18(21-12-15-9-5-2-6-10-15)16(17-13-20-17)11-14-7-3-1-4-8-14/h1-10,16-17H,11-13H2/t16-,17-/m0/s1. The summed E-state index contributed by atoms with van der Waals surface area (Å²) in [5.41, 5.74) is 2.13. The molecule has 3 rings (SSSR count). The minimum Gasteiger partial charge on any atom is -0.461 e. The Hall–Kier alpha value is -2.13. The first-order valence-corrected chi connectivity index (χ1v) is 7.19. The van der Waals surface area contributed by atoms with Gasteiger partial charge in [-0.05, 0) is 17.5 Å². The summed E-state index contributed by atoms with van der Waals surface area (Å²) in [6.45, 7) is 0.968.